The topological polar surface area (TPSA) is 146 Å². The quantitative estimate of drug-likeness (QED) is 0.130. The third-order valence-electron chi connectivity index (χ3n) is 8.25. The van der Waals surface area contributed by atoms with Crippen molar-refractivity contribution < 1.29 is 22.7 Å². The van der Waals surface area contributed by atoms with Crippen molar-refractivity contribution in [3.05, 3.63) is 109 Å². The highest BCUT2D eigenvalue weighted by Crippen LogP contribution is 2.38. The van der Waals surface area contributed by atoms with Crippen LogP contribution in [0.4, 0.5) is 0 Å². The van der Waals surface area contributed by atoms with Crippen LogP contribution in [0.2, 0.25) is 0 Å². The van der Waals surface area contributed by atoms with Crippen LogP contribution < -0.4 is 10.0 Å². The molecule has 5 aromatic carbocycles. The molecule has 7 aromatic rings. The largest absolute Gasteiger partial charge is 0.467 e. The molecule has 0 aliphatic rings. The number of aromatic amines is 2. The summed E-state index contributed by atoms with van der Waals surface area (Å²) in [5.74, 6) is -1.34. The summed E-state index contributed by atoms with van der Waals surface area (Å²) in [6.45, 7) is 0. The van der Waals surface area contributed by atoms with E-state index in [-0.39, 0.29) is 17.7 Å². The van der Waals surface area contributed by atoms with Gasteiger partial charge in [-0.05, 0) is 51.0 Å². The lowest BCUT2D eigenvalue weighted by atomic mass is 9.94. The number of fused-ring (bicyclic) bond motifs is 1. The Bertz CT molecular complexity index is 2300. The Labute approximate surface area is 258 Å². The molecule has 10 nitrogen and oxygen atoms in total. The monoisotopic (exact) mass is 619 g/mol. The van der Waals surface area contributed by atoms with E-state index in [1.165, 1.54) is 13.4 Å². The Balaban J connectivity index is 1.29. The van der Waals surface area contributed by atoms with Crippen LogP contribution in [0.3, 0.4) is 0 Å². The number of hydrogen-bond donors (Lipinski definition) is 4. The SMILES string of the molecule is COC(=O)[C@H](Cc1cnc[nH]1)NC(=O)[C@H](Cc1c[nH]c2ccccc12)NS(=O)(=O)c1cc2cccc3ccc4cccc1c4c32. The fraction of sp³-hybridized carbons (Fsp3) is 0.147. The third kappa shape index (κ3) is 5.26. The summed E-state index contributed by atoms with van der Waals surface area (Å²) in [6, 6.07) is 22.2. The van der Waals surface area contributed by atoms with E-state index < -0.39 is 34.0 Å². The summed E-state index contributed by atoms with van der Waals surface area (Å²) < 4.78 is 36.3. The highest BCUT2D eigenvalue weighted by Gasteiger charge is 2.32. The van der Waals surface area contributed by atoms with Gasteiger partial charge in [0.05, 0.1) is 18.3 Å². The van der Waals surface area contributed by atoms with Crippen molar-refractivity contribution in [2.24, 2.45) is 0 Å². The first kappa shape index (κ1) is 28.5. The Morgan fingerprint density at radius 3 is 2.36 bits per heavy atom. The number of para-hydroxylation sites is 1. The molecule has 0 aliphatic heterocycles. The molecule has 4 N–H and O–H groups in total. The van der Waals surface area contributed by atoms with Gasteiger partial charge < -0.3 is 20.0 Å². The van der Waals surface area contributed by atoms with Crippen LogP contribution in [0.5, 0.6) is 0 Å². The minimum Gasteiger partial charge on any atom is -0.467 e. The minimum absolute atomic E-state index is 0.0245. The van der Waals surface area contributed by atoms with Crippen molar-refractivity contribution in [3.8, 4) is 0 Å². The first-order valence-corrected chi connectivity index (χ1v) is 15.9. The molecule has 45 heavy (non-hydrogen) atoms. The number of benzene rings is 5. The number of amides is 1. The number of rotatable bonds is 10. The zero-order chi connectivity index (χ0) is 31.1. The Morgan fingerprint density at radius 1 is 0.844 bits per heavy atom. The van der Waals surface area contributed by atoms with Gasteiger partial charge in [-0.1, -0.05) is 66.7 Å². The van der Waals surface area contributed by atoms with Gasteiger partial charge in [0.25, 0.3) is 0 Å². The van der Waals surface area contributed by atoms with Gasteiger partial charge in [-0.2, -0.15) is 4.72 Å². The van der Waals surface area contributed by atoms with Gasteiger partial charge in [-0.3, -0.25) is 4.79 Å². The van der Waals surface area contributed by atoms with Gasteiger partial charge in [-0.25, -0.2) is 18.2 Å². The lowest BCUT2D eigenvalue weighted by Gasteiger charge is -2.23. The van der Waals surface area contributed by atoms with Crippen LogP contribution in [0.1, 0.15) is 11.3 Å². The number of nitrogens with one attached hydrogen (secondary N) is 4. The zero-order valence-electron chi connectivity index (χ0n) is 24.2. The van der Waals surface area contributed by atoms with E-state index in [1.54, 1.807) is 24.5 Å². The second kappa shape index (κ2) is 11.3. The number of nitrogens with zero attached hydrogens (tertiary/aromatic N) is 1. The van der Waals surface area contributed by atoms with Crippen LogP contribution in [-0.2, 0) is 37.2 Å². The highest BCUT2D eigenvalue weighted by atomic mass is 32.2. The third-order valence-corrected chi connectivity index (χ3v) is 9.77. The van der Waals surface area contributed by atoms with Gasteiger partial charge in [0.2, 0.25) is 15.9 Å². The minimum atomic E-state index is -4.27. The molecule has 2 atom stereocenters. The van der Waals surface area contributed by atoms with Crippen LogP contribution in [0.15, 0.2) is 102 Å². The van der Waals surface area contributed by atoms with Crippen molar-refractivity contribution in [1.29, 1.82) is 0 Å². The zero-order valence-corrected chi connectivity index (χ0v) is 25.0. The summed E-state index contributed by atoms with van der Waals surface area (Å²) in [7, 11) is -3.04. The molecule has 226 valence electrons. The van der Waals surface area contributed by atoms with Gasteiger partial charge in [-0.15, -0.1) is 0 Å². The smallest absolute Gasteiger partial charge is 0.328 e. The lowest BCUT2D eigenvalue weighted by molar-refractivity contribution is -0.145. The van der Waals surface area contributed by atoms with E-state index >= 15 is 0 Å². The summed E-state index contributed by atoms with van der Waals surface area (Å²) >= 11 is 0. The number of carbonyl (C=O) groups is 2. The van der Waals surface area contributed by atoms with E-state index in [0.29, 0.717) is 11.1 Å². The van der Waals surface area contributed by atoms with Crippen molar-refractivity contribution in [3.63, 3.8) is 0 Å². The number of imidazole rings is 1. The fourth-order valence-electron chi connectivity index (χ4n) is 6.13. The van der Waals surface area contributed by atoms with Crippen LogP contribution in [0, 0.1) is 0 Å². The number of H-pyrrole nitrogens is 2. The molecule has 2 aromatic heterocycles. The number of sulfonamides is 1. The summed E-state index contributed by atoms with van der Waals surface area (Å²) in [5, 5.41) is 8.68. The average molecular weight is 620 g/mol. The fourth-order valence-corrected chi connectivity index (χ4v) is 7.57. The molecule has 7 rings (SSSR count). The standard InChI is InChI=1S/C34H29N5O5S/c1-44-34(41)29(16-24-18-35-19-37-24)38-33(40)28(14-23-17-36-27-11-3-2-9-25(23)27)39-45(42,43)30-15-22-8-4-6-20-12-13-21-7-5-10-26(30)32(21)31(20)22/h2-13,15,17-19,28-29,36,39H,14,16H2,1H3,(H,35,37)(H,38,40)/t28-,29-/m0/s1. The van der Waals surface area contributed by atoms with Crippen molar-refractivity contribution >= 4 is 65.1 Å². The number of ether oxygens (including phenoxy) is 1. The maximum atomic E-state index is 14.3. The molecular formula is C34H29N5O5S. The first-order valence-electron chi connectivity index (χ1n) is 14.4. The Hall–Kier alpha value is -5.26. The predicted octanol–water partition coefficient (Wildman–Crippen LogP) is 4.58. The molecule has 0 saturated heterocycles. The summed E-state index contributed by atoms with van der Waals surface area (Å²) in [5.41, 5.74) is 2.20. The van der Waals surface area contributed by atoms with Crippen molar-refractivity contribution in [1.82, 2.24) is 25.0 Å². The van der Waals surface area contributed by atoms with Gasteiger partial charge >= 0.3 is 5.97 Å². The van der Waals surface area contributed by atoms with E-state index in [9.17, 15) is 18.0 Å². The number of hydrogen-bond acceptors (Lipinski definition) is 6. The van der Waals surface area contributed by atoms with Gasteiger partial charge in [0, 0.05) is 40.8 Å². The molecule has 0 unspecified atom stereocenters. The highest BCUT2D eigenvalue weighted by molar-refractivity contribution is 7.89. The number of methoxy groups -OCH3 is 1. The molecule has 0 radical (unpaired) electrons. The number of esters is 1. The summed E-state index contributed by atoms with van der Waals surface area (Å²) in [6.07, 6.45) is 4.88. The Morgan fingerprint density at radius 2 is 1.58 bits per heavy atom. The maximum Gasteiger partial charge on any atom is 0.328 e. The van der Waals surface area contributed by atoms with Crippen molar-refractivity contribution in [2.75, 3.05) is 7.11 Å². The molecule has 0 spiro atoms. The molecular weight excluding hydrogens is 590 g/mol. The predicted molar refractivity (Wildman–Crippen MR) is 172 cm³/mol. The van der Waals surface area contributed by atoms with E-state index in [4.69, 9.17) is 4.74 Å². The summed E-state index contributed by atoms with van der Waals surface area (Å²) in [4.78, 5) is 36.8. The molecule has 2 heterocycles. The number of aromatic nitrogens is 3. The second-order valence-electron chi connectivity index (χ2n) is 11.0. The van der Waals surface area contributed by atoms with E-state index in [0.717, 1.165) is 43.4 Å². The van der Waals surface area contributed by atoms with Gasteiger partial charge in [0.1, 0.15) is 12.1 Å². The Kier molecular flexibility index (Phi) is 7.19. The van der Waals surface area contributed by atoms with Crippen LogP contribution in [0.25, 0.3) is 43.2 Å². The van der Waals surface area contributed by atoms with Gasteiger partial charge in [0.15, 0.2) is 0 Å². The molecule has 0 saturated carbocycles. The molecule has 1 amide bonds. The van der Waals surface area contributed by atoms with E-state index in [1.807, 2.05) is 66.7 Å². The van der Waals surface area contributed by atoms with Crippen LogP contribution >= 0.6 is 0 Å². The second-order valence-corrected chi connectivity index (χ2v) is 12.7. The van der Waals surface area contributed by atoms with Crippen molar-refractivity contribution in [2.45, 2.75) is 29.8 Å². The molecule has 0 aliphatic carbocycles. The maximum absolute atomic E-state index is 14.3. The number of carbonyl (C=O) groups excluding carboxylic acids is 2. The molecule has 11 heteroatoms. The first-order chi connectivity index (χ1) is 21.8. The molecule has 0 fully saturated rings. The van der Waals surface area contributed by atoms with Crippen LogP contribution in [-0.4, -0.2) is 54.4 Å². The van der Waals surface area contributed by atoms with E-state index in [2.05, 4.69) is 25.0 Å². The normalized spacial score (nSPS) is 13.4. The molecule has 0 bridgehead atoms. The lowest BCUT2D eigenvalue weighted by Crippen LogP contribution is -2.53. The average Bonchev–Trinajstić information content (AvgIpc) is 3.72.